The summed E-state index contributed by atoms with van der Waals surface area (Å²) in [6, 6.07) is 22.3. The van der Waals surface area contributed by atoms with Gasteiger partial charge in [0.2, 0.25) is 5.91 Å². The van der Waals surface area contributed by atoms with Crippen LogP contribution in [0.4, 0.5) is 5.69 Å². The summed E-state index contributed by atoms with van der Waals surface area (Å²) >= 11 is 1.23. The Kier molecular flexibility index (Phi) is 6.79. The van der Waals surface area contributed by atoms with Gasteiger partial charge in [-0.3, -0.25) is 14.2 Å². The third-order valence-corrected chi connectivity index (χ3v) is 6.19. The molecule has 4 rings (SSSR count). The second kappa shape index (κ2) is 9.92. The van der Waals surface area contributed by atoms with E-state index in [9.17, 15) is 9.59 Å². The topological polar surface area (TPSA) is 73.2 Å². The van der Waals surface area contributed by atoms with Crippen molar-refractivity contribution in [3.05, 3.63) is 88.7 Å². The number of rotatable bonds is 7. The van der Waals surface area contributed by atoms with Crippen molar-refractivity contribution >= 4 is 34.3 Å². The first-order valence-corrected chi connectivity index (χ1v) is 11.6. The predicted molar refractivity (Wildman–Crippen MR) is 134 cm³/mol. The number of thioether (sulfide) groups is 1. The minimum atomic E-state index is -0.197. The van der Waals surface area contributed by atoms with E-state index in [1.165, 1.54) is 17.3 Å². The first-order chi connectivity index (χ1) is 16.0. The molecule has 6 nitrogen and oxygen atoms in total. The van der Waals surface area contributed by atoms with Crippen LogP contribution < -0.4 is 15.6 Å². The number of amides is 1. The lowest BCUT2D eigenvalue weighted by molar-refractivity contribution is -0.113. The summed E-state index contributed by atoms with van der Waals surface area (Å²) in [5.41, 5.74) is 3.00. The number of ether oxygens (including phenoxy) is 1. The third kappa shape index (κ3) is 5.09. The number of nitrogens with zero attached hydrogens (tertiary/aromatic N) is 2. The van der Waals surface area contributed by atoms with E-state index in [4.69, 9.17) is 9.72 Å². The van der Waals surface area contributed by atoms with Crippen LogP contribution in [0.15, 0.2) is 82.7 Å². The van der Waals surface area contributed by atoms with E-state index in [0.29, 0.717) is 33.4 Å². The second-order valence-electron chi connectivity index (χ2n) is 7.87. The van der Waals surface area contributed by atoms with E-state index in [1.807, 2.05) is 54.6 Å². The van der Waals surface area contributed by atoms with Crippen molar-refractivity contribution in [2.24, 2.45) is 0 Å². The summed E-state index contributed by atoms with van der Waals surface area (Å²) in [6.45, 7) is 4.25. The fourth-order valence-electron chi connectivity index (χ4n) is 3.47. The number of anilines is 1. The predicted octanol–water partition coefficient (Wildman–Crippen LogP) is 5.25. The fraction of sp³-hybridized carbons (Fsp3) is 0.192. The Morgan fingerprint density at radius 3 is 2.55 bits per heavy atom. The van der Waals surface area contributed by atoms with Gasteiger partial charge in [-0.15, -0.1) is 0 Å². The summed E-state index contributed by atoms with van der Waals surface area (Å²) < 4.78 is 6.78. The standard InChI is InChI=1S/C26H25N3O3S/c1-17(2)18-11-13-20(14-12-18)29-25(31)22-9-4-5-10-23(22)28-26(29)33-16-24(30)27-19-7-6-8-21(15-19)32-3/h4-15,17H,16H2,1-3H3,(H,27,30). The van der Waals surface area contributed by atoms with Crippen molar-refractivity contribution in [2.45, 2.75) is 24.9 Å². The highest BCUT2D eigenvalue weighted by molar-refractivity contribution is 7.99. The molecule has 0 aliphatic rings. The normalized spacial score (nSPS) is 11.0. The summed E-state index contributed by atoms with van der Waals surface area (Å²) in [5.74, 6) is 0.957. The van der Waals surface area contributed by atoms with E-state index in [2.05, 4.69) is 19.2 Å². The van der Waals surface area contributed by atoms with Crippen LogP contribution >= 0.6 is 11.8 Å². The lowest BCUT2D eigenvalue weighted by Gasteiger charge is -2.14. The van der Waals surface area contributed by atoms with Gasteiger partial charge in [0.1, 0.15) is 5.75 Å². The molecule has 0 fully saturated rings. The summed E-state index contributed by atoms with van der Waals surface area (Å²) in [6.07, 6.45) is 0. The highest BCUT2D eigenvalue weighted by atomic mass is 32.2. The third-order valence-electron chi connectivity index (χ3n) is 5.25. The summed E-state index contributed by atoms with van der Waals surface area (Å²) in [5, 5.41) is 3.87. The van der Waals surface area contributed by atoms with Crippen LogP contribution in [0.1, 0.15) is 25.3 Å². The van der Waals surface area contributed by atoms with Crippen molar-refractivity contribution in [1.29, 1.82) is 0 Å². The molecule has 0 aliphatic heterocycles. The maximum absolute atomic E-state index is 13.4. The van der Waals surface area contributed by atoms with Gasteiger partial charge in [0, 0.05) is 11.8 Å². The molecule has 0 saturated carbocycles. The first kappa shape index (κ1) is 22.6. The number of para-hydroxylation sites is 1. The number of hydrogen-bond acceptors (Lipinski definition) is 5. The van der Waals surface area contributed by atoms with Crippen LogP contribution in [0.5, 0.6) is 5.75 Å². The average molecular weight is 460 g/mol. The van der Waals surface area contributed by atoms with Crippen LogP contribution in [0, 0.1) is 0 Å². The lowest BCUT2D eigenvalue weighted by atomic mass is 10.0. The number of carbonyl (C=O) groups excluding carboxylic acids is 1. The minimum Gasteiger partial charge on any atom is -0.497 e. The number of fused-ring (bicyclic) bond motifs is 1. The average Bonchev–Trinajstić information content (AvgIpc) is 2.83. The highest BCUT2D eigenvalue weighted by Gasteiger charge is 2.15. The molecule has 0 unspecified atom stereocenters. The Morgan fingerprint density at radius 2 is 1.82 bits per heavy atom. The number of methoxy groups -OCH3 is 1. The van der Waals surface area contributed by atoms with Crippen molar-refractivity contribution in [3.63, 3.8) is 0 Å². The van der Waals surface area contributed by atoms with Crippen LogP contribution in [0.25, 0.3) is 16.6 Å². The Hall–Kier alpha value is -3.58. The molecular formula is C26H25N3O3S. The van der Waals surface area contributed by atoms with Crippen LogP contribution in [0.3, 0.4) is 0 Å². The molecule has 3 aromatic carbocycles. The molecule has 7 heteroatoms. The lowest BCUT2D eigenvalue weighted by Crippen LogP contribution is -2.23. The first-order valence-electron chi connectivity index (χ1n) is 10.6. The maximum atomic E-state index is 13.4. The van der Waals surface area contributed by atoms with Crippen LogP contribution in [-0.4, -0.2) is 28.3 Å². The van der Waals surface area contributed by atoms with Crippen LogP contribution in [-0.2, 0) is 4.79 Å². The zero-order valence-electron chi connectivity index (χ0n) is 18.7. The van der Waals surface area contributed by atoms with Gasteiger partial charge in [-0.1, -0.05) is 55.9 Å². The Balaban J connectivity index is 1.65. The van der Waals surface area contributed by atoms with E-state index in [1.54, 1.807) is 29.9 Å². The second-order valence-corrected chi connectivity index (χ2v) is 8.81. The van der Waals surface area contributed by atoms with Crippen LogP contribution in [0.2, 0.25) is 0 Å². The van der Waals surface area contributed by atoms with Gasteiger partial charge in [-0.25, -0.2) is 4.98 Å². The summed E-state index contributed by atoms with van der Waals surface area (Å²) in [7, 11) is 1.58. The van der Waals surface area contributed by atoms with Gasteiger partial charge < -0.3 is 10.1 Å². The molecule has 0 atom stereocenters. The maximum Gasteiger partial charge on any atom is 0.266 e. The van der Waals surface area contributed by atoms with Crippen molar-refractivity contribution in [1.82, 2.24) is 9.55 Å². The van der Waals surface area contributed by atoms with E-state index >= 15 is 0 Å². The monoisotopic (exact) mass is 459 g/mol. The molecule has 168 valence electrons. The number of hydrogen-bond donors (Lipinski definition) is 1. The Morgan fingerprint density at radius 1 is 1.06 bits per heavy atom. The quantitative estimate of drug-likeness (QED) is 0.302. The Bertz CT molecular complexity index is 1350. The van der Waals surface area contributed by atoms with Crippen molar-refractivity contribution in [2.75, 3.05) is 18.2 Å². The number of carbonyl (C=O) groups is 1. The molecule has 33 heavy (non-hydrogen) atoms. The molecule has 0 saturated heterocycles. The largest absolute Gasteiger partial charge is 0.497 e. The van der Waals surface area contributed by atoms with Gasteiger partial charge >= 0.3 is 0 Å². The number of aromatic nitrogens is 2. The SMILES string of the molecule is COc1cccc(NC(=O)CSc2nc3ccccc3c(=O)n2-c2ccc(C(C)C)cc2)c1. The molecule has 1 amide bonds. The van der Waals surface area contributed by atoms with E-state index in [-0.39, 0.29) is 17.2 Å². The van der Waals surface area contributed by atoms with Gasteiger partial charge in [-0.2, -0.15) is 0 Å². The van der Waals surface area contributed by atoms with Gasteiger partial charge in [0.15, 0.2) is 5.16 Å². The van der Waals surface area contributed by atoms with Crippen molar-refractivity contribution in [3.8, 4) is 11.4 Å². The van der Waals surface area contributed by atoms with Gasteiger partial charge in [0.05, 0.1) is 29.5 Å². The highest BCUT2D eigenvalue weighted by Crippen LogP contribution is 2.24. The van der Waals surface area contributed by atoms with E-state index in [0.717, 1.165) is 5.69 Å². The Labute approximate surface area is 196 Å². The molecule has 0 aliphatic carbocycles. The molecule has 0 spiro atoms. The number of nitrogens with one attached hydrogen (secondary N) is 1. The molecular weight excluding hydrogens is 434 g/mol. The van der Waals surface area contributed by atoms with E-state index < -0.39 is 0 Å². The van der Waals surface area contributed by atoms with Gasteiger partial charge in [-0.05, 0) is 47.9 Å². The molecule has 4 aromatic rings. The fourth-order valence-corrected chi connectivity index (χ4v) is 4.29. The zero-order valence-corrected chi connectivity index (χ0v) is 19.6. The molecule has 0 bridgehead atoms. The smallest absolute Gasteiger partial charge is 0.266 e. The summed E-state index contributed by atoms with van der Waals surface area (Å²) in [4.78, 5) is 30.7. The number of benzene rings is 3. The molecule has 1 heterocycles. The molecule has 1 N–H and O–H groups in total. The minimum absolute atomic E-state index is 0.103. The molecule has 0 radical (unpaired) electrons. The molecule has 1 aromatic heterocycles. The van der Waals surface area contributed by atoms with Gasteiger partial charge in [0.25, 0.3) is 5.56 Å². The zero-order chi connectivity index (χ0) is 23.4. The van der Waals surface area contributed by atoms with Crippen molar-refractivity contribution < 1.29 is 9.53 Å².